The van der Waals surface area contributed by atoms with E-state index in [9.17, 15) is 0 Å². The lowest BCUT2D eigenvalue weighted by Crippen LogP contribution is -2.07. The zero-order chi connectivity index (χ0) is 12.6. The van der Waals surface area contributed by atoms with E-state index in [1.807, 2.05) is 12.3 Å². The average Bonchev–Trinajstić information content (AvgIpc) is 2.81. The number of nitrogen functional groups attached to an aromatic ring is 1. The van der Waals surface area contributed by atoms with Crippen LogP contribution >= 0.6 is 0 Å². The molecule has 1 aromatic carbocycles. The molecule has 0 bridgehead atoms. The van der Waals surface area contributed by atoms with Crippen LogP contribution in [0.5, 0.6) is 0 Å². The summed E-state index contributed by atoms with van der Waals surface area (Å²) < 4.78 is 7.37. The number of anilines is 1. The van der Waals surface area contributed by atoms with E-state index in [4.69, 9.17) is 10.5 Å². The SMILES string of the molecule is Nc1cnn(CCOCCCc2ccccc2)c1. The smallest absolute Gasteiger partial charge is 0.0719 e. The Balaban J connectivity index is 1.54. The van der Waals surface area contributed by atoms with Gasteiger partial charge >= 0.3 is 0 Å². The number of nitrogens with zero attached hydrogens (tertiary/aromatic N) is 2. The fourth-order valence-electron chi connectivity index (χ4n) is 1.79. The van der Waals surface area contributed by atoms with E-state index in [0.717, 1.165) is 26.0 Å². The minimum absolute atomic E-state index is 0.676. The second-order valence-electron chi connectivity index (χ2n) is 4.24. The normalized spacial score (nSPS) is 10.7. The van der Waals surface area contributed by atoms with Gasteiger partial charge in [-0.05, 0) is 18.4 Å². The van der Waals surface area contributed by atoms with Crippen LogP contribution in [0.4, 0.5) is 5.69 Å². The van der Waals surface area contributed by atoms with Crippen LogP contribution in [0.15, 0.2) is 42.7 Å². The highest BCUT2D eigenvalue weighted by atomic mass is 16.5. The first-order valence-electron chi connectivity index (χ1n) is 6.24. The fourth-order valence-corrected chi connectivity index (χ4v) is 1.79. The van der Waals surface area contributed by atoms with Crippen molar-refractivity contribution in [1.29, 1.82) is 0 Å². The Hall–Kier alpha value is -1.81. The Morgan fingerprint density at radius 1 is 1.17 bits per heavy atom. The number of aromatic nitrogens is 2. The Labute approximate surface area is 107 Å². The third-order valence-corrected chi connectivity index (χ3v) is 2.71. The molecule has 2 rings (SSSR count). The van der Waals surface area contributed by atoms with Crippen LogP contribution in [-0.2, 0) is 17.7 Å². The van der Waals surface area contributed by atoms with E-state index in [0.29, 0.717) is 12.3 Å². The standard InChI is InChI=1S/C14H19N3O/c15-14-11-16-17(12-14)8-10-18-9-4-7-13-5-2-1-3-6-13/h1-3,5-6,11-12H,4,7-10,15H2. The molecule has 0 amide bonds. The first-order valence-corrected chi connectivity index (χ1v) is 6.24. The summed E-state index contributed by atoms with van der Waals surface area (Å²) >= 11 is 0. The number of hydrogen-bond donors (Lipinski definition) is 1. The maximum absolute atomic E-state index is 5.57. The lowest BCUT2D eigenvalue weighted by molar-refractivity contribution is 0.121. The fraction of sp³-hybridized carbons (Fsp3) is 0.357. The van der Waals surface area contributed by atoms with Gasteiger partial charge in [-0.25, -0.2) is 0 Å². The van der Waals surface area contributed by atoms with Crippen LogP contribution in [-0.4, -0.2) is 23.0 Å². The summed E-state index contributed by atoms with van der Waals surface area (Å²) in [7, 11) is 0. The van der Waals surface area contributed by atoms with Gasteiger partial charge in [0.25, 0.3) is 0 Å². The summed E-state index contributed by atoms with van der Waals surface area (Å²) in [4.78, 5) is 0. The molecular formula is C14H19N3O. The van der Waals surface area contributed by atoms with Crippen molar-refractivity contribution in [3.63, 3.8) is 0 Å². The second-order valence-corrected chi connectivity index (χ2v) is 4.24. The van der Waals surface area contributed by atoms with Gasteiger partial charge in [0.15, 0.2) is 0 Å². The van der Waals surface area contributed by atoms with Crippen molar-refractivity contribution < 1.29 is 4.74 Å². The zero-order valence-electron chi connectivity index (χ0n) is 10.5. The van der Waals surface area contributed by atoms with Gasteiger partial charge in [-0.3, -0.25) is 4.68 Å². The molecule has 0 spiro atoms. The highest BCUT2D eigenvalue weighted by Crippen LogP contribution is 2.02. The quantitative estimate of drug-likeness (QED) is 0.760. The lowest BCUT2D eigenvalue weighted by atomic mass is 10.1. The van der Waals surface area contributed by atoms with Crippen LogP contribution in [0, 0.1) is 0 Å². The molecule has 0 unspecified atom stereocenters. The number of benzene rings is 1. The van der Waals surface area contributed by atoms with Gasteiger partial charge in [-0.1, -0.05) is 30.3 Å². The largest absolute Gasteiger partial charge is 0.396 e. The number of nitrogens with two attached hydrogens (primary N) is 1. The lowest BCUT2D eigenvalue weighted by Gasteiger charge is -2.04. The van der Waals surface area contributed by atoms with Crippen molar-refractivity contribution in [3.05, 3.63) is 48.3 Å². The molecule has 4 heteroatoms. The molecule has 0 aliphatic rings. The minimum Gasteiger partial charge on any atom is -0.396 e. The molecule has 4 nitrogen and oxygen atoms in total. The zero-order valence-corrected chi connectivity index (χ0v) is 10.5. The summed E-state index contributed by atoms with van der Waals surface area (Å²) in [5.74, 6) is 0. The number of ether oxygens (including phenoxy) is 1. The van der Waals surface area contributed by atoms with Crippen molar-refractivity contribution in [2.24, 2.45) is 0 Å². The van der Waals surface area contributed by atoms with Crippen molar-refractivity contribution in [2.75, 3.05) is 18.9 Å². The van der Waals surface area contributed by atoms with Gasteiger partial charge in [-0.15, -0.1) is 0 Å². The molecule has 18 heavy (non-hydrogen) atoms. The molecular weight excluding hydrogens is 226 g/mol. The molecule has 1 aromatic heterocycles. The third kappa shape index (κ3) is 4.22. The van der Waals surface area contributed by atoms with Crippen LogP contribution in [0.25, 0.3) is 0 Å². The van der Waals surface area contributed by atoms with Crippen LogP contribution in [0.3, 0.4) is 0 Å². The maximum atomic E-state index is 5.57. The maximum Gasteiger partial charge on any atom is 0.0719 e. The average molecular weight is 245 g/mol. The molecule has 0 atom stereocenters. The van der Waals surface area contributed by atoms with Crippen LogP contribution in [0.1, 0.15) is 12.0 Å². The van der Waals surface area contributed by atoms with Crippen molar-refractivity contribution in [1.82, 2.24) is 9.78 Å². The van der Waals surface area contributed by atoms with E-state index in [1.165, 1.54) is 5.56 Å². The molecule has 96 valence electrons. The van der Waals surface area contributed by atoms with E-state index in [-0.39, 0.29) is 0 Å². The molecule has 0 saturated heterocycles. The summed E-state index contributed by atoms with van der Waals surface area (Å²) in [6, 6.07) is 10.5. The third-order valence-electron chi connectivity index (χ3n) is 2.71. The highest BCUT2D eigenvalue weighted by molar-refractivity contribution is 5.30. The van der Waals surface area contributed by atoms with Gasteiger partial charge in [0.05, 0.1) is 25.0 Å². The molecule has 0 radical (unpaired) electrons. The number of rotatable bonds is 7. The predicted molar refractivity (Wildman–Crippen MR) is 72.2 cm³/mol. The molecule has 0 saturated carbocycles. The Kier molecular flexibility index (Phi) is 4.78. The molecule has 0 fully saturated rings. The van der Waals surface area contributed by atoms with Crippen molar-refractivity contribution in [2.45, 2.75) is 19.4 Å². The number of hydrogen-bond acceptors (Lipinski definition) is 3. The predicted octanol–water partition coefficient (Wildman–Crippen LogP) is 2.11. The van der Waals surface area contributed by atoms with E-state index < -0.39 is 0 Å². The van der Waals surface area contributed by atoms with Gasteiger partial charge in [0, 0.05) is 12.8 Å². The Morgan fingerprint density at radius 3 is 2.72 bits per heavy atom. The molecule has 1 heterocycles. The Bertz CT molecular complexity index is 453. The summed E-state index contributed by atoms with van der Waals surface area (Å²) in [6.07, 6.45) is 5.57. The molecule has 0 aliphatic carbocycles. The van der Waals surface area contributed by atoms with Crippen LogP contribution < -0.4 is 5.73 Å². The van der Waals surface area contributed by atoms with Gasteiger partial charge < -0.3 is 10.5 Å². The summed E-state index contributed by atoms with van der Waals surface area (Å²) in [6.45, 7) is 2.21. The number of aryl methyl sites for hydroxylation is 1. The molecule has 2 aromatic rings. The molecule has 2 N–H and O–H groups in total. The van der Waals surface area contributed by atoms with E-state index in [1.54, 1.807) is 10.9 Å². The van der Waals surface area contributed by atoms with Crippen molar-refractivity contribution >= 4 is 5.69 Å². The van der Waals surface area contributed by atoms with Crippen LogP contribution in [0.2, 0.25) is 0 Å². The molecule has 0 aliphatic heterocycles. The van der Waals surface area contributed by atoms with E-state index in [2.05, 4.69) is 29.4 Å². The minimum atomic E-state index is 0.676. The van der Waals surface area contributed by atoms with Gasteiger partial charge in [-0.2, -0.15) is 5.10 Å². The van der Waals surface area contributed by atoms with Gasteiger partial charge in [0.1, 0.15) is 0 Å². The second kappa shape index (κ2) is 6.81. The Morgan fingerprint density at radius 2 is 2.00 bits per heavy atom. The topological polar surface area (TPSA) is 53.1 Å². The van der Waals surface area contributed by atoms with Gasteiger partial charge in [0.2, 0.25) is 0 Å². The van der Waals surface area contributed by atoms with E-state index >= 15 is 0 Å². The first-order chi connectivity index (χ1) is 8.84. The monoisotopic (exact) mass is 245 g/mol. The summed E-state index contributed by atoms with van der Waals surface area (Å²) in [5.41, 5.74) is 7.63. The highest BCUT2D eigenvalue weighted by Gasteiger charge is 1.95. The summed E-state index contributed by atoms with van der Waals surface area (Å²) in [5, 5.41) is 4.09. The first kappa shape index (κ1) is 12.6. The van der Waals surface area contributed by atoms with Crippen molar-refractivity contribution in [3.8, 4) is 0 Å².